The smallest absolute Gasteiger partial charge is 0.119 e. The first kappa shape index (κ1) is 13.4. The number of rotatable bonds is 6. The van der Waals surface area contributed by atoms with Gasteiger partial charge in [0.2, 0.25) is 0 Å². The first-order valence-electron chi connectivity index (χ1n) is 6.84. The zero-order valence-corrected chi connectivity index (χ0v) is 11.1. The molecule has 3 nitrogen and oxygen atoms in total. The first-order chi connectivity index (χ1) is 8.83. The second-order valence-electron chi connectivity index (χ2n) is 5.01. The lowest BCUT2D eigenvalue weighted by Crippen LogP contribution is -2.28. The van der Waals surface area contributed by atoms with Crippen molar-refractivity contribution in [2.24, 2.45) is 11.8 Å². The van der Waals surface area contributed by atoms with Crippen LogP contribution in [-0.4, -0.2) is 42.9 Å². The maximum absolute atomic E-state index is 9.52. The van der Waals surface area contributed by atoms with Crippen molar-refractivity contribution in [1.29, 1.82) is 0 Å². The summed E-state index contributed by atoms with van der Waals surface area (Å²) in [6.07, 6.45) is 1.18. The van der Waals surface area contributed by atoms with Crippen molar-refractivity contribution in [2.75, 3.05) is 32.8 Å². The third kappa shape index (κ3) is 3.47. The van der Waals surface area contributed by atoms with Gasteiger partial charge in [0.15, 0.2) is 0 Å². The van der Waals surface area contributed by atoms with Crippen LogP contribution in [0.4, 0.5) is 0 Å². The van der Waals surface area contributed by atoms with Gasteiger partial charge in [0.05, 0.1) is 6.61 Å². The predicted octanol–water partition coefficient (Wildman–Crippen LogP) is 2.02. The monoisotopic (exact) mass is 249 g/mol. The molecule has 1 N–H and O–H groups in total. The molecule has 0 radical (unpaired) electrons. The molecule has 1 heterocycles. The summed E-state index contributed by atoms with van der Waals surface area (Å²) >= 11 is 0. The molecule has 1 aliphatic heterocycles. The van der Waals surface area contributed by atoms with Gasteiger partial charge in [-0.25, -0.2) is 0 Å². The minimum absolute atomic E-state index is 0.217. The summed E-state index contributed by atoms with van der Waals surface area (Å²) in [6, 6.07) is 9.84. The van der Waals surface area contributed by atoms with Crippen molar-refractivity contribution < 1.29 is 9.84 Å². The van der Waals surface area contributed by atoms with E-state index in [0.717, 1.165) is 25.4 Å². The molecule has 0 bridgehead atoms. The van der Waals surface area contributed by atoms with Crippen molar-refractivity contribution in [3.63, 3.8) is 0 Å². The molecule has 0 aromatic heterocycles. The maximum Gasteiger partial charge on any atom is 0.119 e. The Morgan fingerprint density at radius 2 is 2.17 bits per heavy atom. The van der Waals surface area contributed by atoms with E-state index in [0.29, 0.717) is 12.5 Å². The largest absolute Gasteiger partial charge is 0.493 e. The van der Waals surface area contributed by atoms with E-state index < -0.39 is 0 Å². The van der Waals surface area contributed by atoms with E-state index in [1.807, 2.05) is 30.3 Å². The van der Waals surface area contributed by atoms with Gasteiger partial charge in [-0.05, 0) is 37.6 Å². The number of likely N-dealkylation sites (tertiary alicyclic amines) is 1. The normalized spacial score (nSPS) is 22.0. The summed E-state index contributed by atoms with van der Waals surface area (Å²) in [5.41, 5.74) is 0. The number of aliphatic hydroxyl groups excluding tert-OH is 1. The minimum atomic E-state index is 0.217. The highest BCUT2D eigenvalue weighted by atomic mass is 16.5. The lowest BCUT2D eigenvalue weighted by Gasteiger charge is -2.22. The molecule has 0 spiro atoms. The predicted molar refractivity (Wildman–Crippen MR) is 72.7 cm³/mol. The standard InChI is InChI=1S/C15H23NO2/c1-2-16-9-8-13(10-16)14(11-17)12-18-15-6-4-3-5-7-15/h3-7,13-14,17H,2,8-12H2,1H3. The van der Waals surface area contributed by atoms with Gasteiger partial charge in [0.1, 0.15) is 5.75 Å². The van der Waals surface area contributed by atoms with Crippen LogP contribution < -0.4 is 4.74 Å². The van der Waals surface area contributed by atoms with Crippen LogP contribution in [-0.2, 0) is 0 Å². The zero-order chi connectivity index (χ0) is 12.8. The number of ether oxygens (including phenoxy) is 1. The highest BCUT2D eigenvalue weighted by Gasteiger charge is 2.28. The van der Waals surface area contributed by atoms with Crippen molar-refractivity contribution >= 4 is 0 Å². The SMILES string of the molecule is CCN1CCC(C(CO)COc2ccccc2)C1. The van der Waals surface area contributed by atoms with Gasteiger partial charge >= 0.3 is 0 Å². The zero-order valence-electron chi connectivity index (χ0n) is 11.1. The van der Waals surface area contributed by atoms with Gasteiger partial charge in [-0.3, -0.25) is 0 Å². The highest BCUT2D eigenvalue weighted by Crippen LogP contribution is 2.24. The lowest BCUT2D eigenvalue weighted by molar-refractivity contribution is 0.119. The van der Waals surface area contributed by atoms with Crippen LogP contribution in [0.1, 0.15) is 13.3 Å². The fourth-order valence-corrected chi connectivity index (χ4v) is 2.59. The van der Waals surface area contributed by atoms with Crippen LogP contribution in [0.15, 0.2) is 30.3 Å². The average molecular weight is 249 g/mol. The van der Waals surface area contributed by atoms with E-state index in [4.69, 9.17) is 4.74 Å². The molecule has 1 saturated heterocycles. The molecule has 1 aromatic carbocycles. The summed E-state index contributed by atoms with van der Waals surface area (Å²) in [7, 11) is 0. The third-order valence-corrected chi connectivity index (χ3v) is 3.86. The Morgan fingerprint density at radius 3 is 2.78 bits per heavy atom. The quantitative estimate of drug-likeness (QED) is 0.837. The highest BCUT2D eigenvalue weighted by molar-refractivity contribution is 5.20. The summed E-state index contributed by atoms with van der Waals surface area (Å²) in [5.74, 6) is 1.71. The molecular formula is C15H23NO2. The number of aliphatic hydroxyl groups is 1. The van der Waals surface area contributed by atoms with Crippen molar-refractivity contribution in [3.05, 3.63) is 30.3 Å². The van der Waals surface area contributed by atoms with Crippen molar-refractivity contribution in [2.45, 2.75) is 13.3 Å². The van der Waals surface area contributed by atoms with E-state index in [1.54, 1.807) is 0 Å². The Kier molecular flexibility index (Phi) is 5.02. The lowest BCUT2D eigenvalue weighted by atomic mass is 9.93. The summed E-state index contributed by atoms with van der Waals surface area (Å²) in [4.78, 5) is 2.44. The molecule has 3 heteroatoms. The molecule has 2 rings (SSSR count). The number of hydrogen-bond donors (Lipinski definition) is 1. The molecule has 18 heavy (non-hydrogen) atoms. The molecule has 1 aromatic rings. The molecule has 2 unspecified atom stereocenters. The van der Waals surface area contributed by atoms with Crippen LogP contribution >= 0.6 is 0 Å². The van der Waals surface area contributed by atoms with Crippen LogP contribution in [0.3, 0.4) is 0 Å². The number of benzene rings is 1. The van der Waals surface area contributed by atoms with Crippen LogP contribution in [0, 0.1) is 11.8 Å². The molecule has 2 atom stereocenters. The van der Waals surface area contributed by atoms with E-state index in [9.17, 15) is 5.11 Å². The molecule has 0 amide bonds. The number of para-hydroxylation sites is 1. The van der Waals surface area contributed by atoms with Crippen molar-refractivity contribution in [3.8, 4) is 5.75 Å². The number of nitrogens with zero attached hydrogens (tertiary/aromatic N) is 1. The number of hydrogen-bond acceptors (Lipinski definition) is 3. The Morgan fingerprint density at radius 1 is 1.39 bits per heavy atom. The van der Waals surface area contributed by atoms with E-state index in [1.165, 1.54) is 6.42 Å². The molecule has 1 fully saturated rings. The maximum atomic E-state index is 9.52. The van der Waals surface area contributed by atoms with E-state index >= 15 is 0 Å². The van der Waals surface area contributed by atoms with Gasteiger partial charge in [0, 0.05) is 19.1 Å². The molecule has 1 aliphatic rings. The summed E-state index contributed by atoms with van der Waals surface area (Å²) in [5, 5.41) is 9.52. The molecule has 100 valence electrons. The van der Waals surface area contributed by atoms with Crippen LogP contribution in [0.5, 0.6) is 5.75 Å². The second-order valence-corrected chi connectivity index (χ2v) is 5.01. The van der Waals surface area contributed by atoms with Gasteiger partial charge in [-0.15, -0.1) is 0 Å². The van der Waals surface area contributed by atoms with Gasteiger partial charge in [0.25, 0.3) is 0 Å². The van der Waals surface area contributed by atoms with Crippen LogP contribution in [0.2, 0.25) is 0 Å². The average Bonchev–Trinajstić information content (AvgIpc) is 2.89. The molecule has 0 saturated carbocycles. The third-order valence-electron chi connectivity index (χ3n) is 3.86. The second kappa shape index (κ2) is 6.76. The fraction of sp³-hybridized carbons (Fsp3) is 0.600. The first-order valence-corrected chi connectivity index (χ1v) is 6.84. The Bertz CT molecular complexity index is 342. The van der Waals surface area contributed by atoms with E-state index in [2.05, 4.69) is 11.8 Å². The molecular weight excluding hydrogens is 226 g/mol. The van der Waals surface area contributed by atoms with Gasteiger partial charge < -0.3 is 14.7 Å². The van der Waals surface area contributed by atoms with E-state index in [-0.39, 0.29) is 12.5 Å². The van der Waals surface area contributed by atoms with Crippen molar-refractivity contribution in [1.82, 2.24) is 4.90 Å². The molecule has 0 aliphatic carbocycles. The summed E-state index contributed by atoms with van der Waals surface area (Å²) < 4.78 is 5.76. The Labute approximate surface area is 109 Å². The Hall–Kier alpha value is -1.06. The Balaban J connectivity index is 1.83. The van der Waals surface area contributed by atoms with Gasteiger partial charge in [-0.2, -0.15) is 0 Å². The topological polar surface area (TPSA) is 32.7 Å². The fourth-order valence-electron chi connectivity index (χ4n) is 2.59. The van der Waals surface area contributed by atoms with Gasteiger partial charge in [-0.1, -0.05) is 25.1 Å². The summed E-state index contributed by atoms with van der Waals surface area (Å²) in [6.45, 7) is 6.38. The van der Waals surface area contributed by atoms with Crippen LogP contribution in [0.25, 0.3) is 0 Å². The minimum Gasteiger partial charge on any atom is -0.493 e.